The molecule has 0 rings (SSSR count). The van der Waals surface area contributed by atoms with Gasteiger partial charge in [-0.15, -0.1) is 0 Å². The van der Waals surface area contributed by atoms with Crippen LogP contribution in [0.3, 0.4) is 0 Å². The maximum Gasteiger partial charge on any atom is 0.0431 e. The van der Waals surface area contributed by atoms with Crippen LogP contribution in [0.25, 0.3) is 0 Å². The van der Waals surface area contributed by atoms with Gasteiger partial charge in [0.2, 0.25) is 0 Å². The fourth-order valence-corrected chi connectivity index (χ4v) is 0.564. The smallest absolute Gasteiger partial charge is 0.0431 e. The SMILES string of the molecule is [O-]O[CH-]CCCCCO. The normalized spacial score (nSPS) is 10.0. The van der Waals surface area contributed by atoms with E-state index in [0.29, 0.717) is 6.42 Å². The first-order valence-electron chi connectivity index (χ1n) is 3.13. The number of unbranched alkanes of at least 4 members (excludes halogenated alkanes) is 3. The molecule has 1 N–H and O–H groups in total. The van der Waals surface area contributed by atoms with Crippen molar-refractivity contribution in [3.63, 3.8) is 0 Å². The highest BCUT2D eigenvalue weighted by molar-refractivity contribution is 4.48. The van der Waals surface area contributed by atoms with Gasteiger partial charge in [-0.2, -0.15) is 6.42 Å². The number of hydrogen-bond donors (Lipinski definition) is 1. The fourth-order valence-electron chi connectivity index (χ4n) is 0.564. The van der Waals surface area contributed by atoms with E-state index < -0.39 is 0 Å². The Balaban J connectivity index is 2.60. The molecule has 0 aliphatic carbocycles. The van der Waals surface area contributed by atoms with Crippen LogP contribution in [0.1, 0.15) is 25.7 Å². The van der Waals surface area contributed by atoms with Gasteiger partial charge in [0.1, 0.15) is 0 Å². The van der Waals surface area contributed by atoms with Crippen LogP contribution >= 0.6 is 0 Å². The summed E-state index contributed by atoms with van der Waals surface area (Å²) in [6, 6.07) is 0. The summed E-state index contributed by atoms with van der Waals surface area (Å²) >= 11 is 0. The summed E-state index contributed by atoms with van der Waals surface area (Å²) in [4.78, 5) is 3.48. The average molecular weight is 132 g/mol. The second-order valence-electron chi connectivity index (χ2n) is 1.84. The quantitative estimate of drug-likeness (QED) is 0.239. The van der Waals surface area contributed by atoms with Crippen molar-refractivity contribution in [2.75, 3.05) is 6.61 Å². The van der Waals surface area contributed by atoms with Gasteiger partial charge < -0.3 is 15.3 Å². The van der Waals surface area contributed by atoms with Gasteiger partial charge in [0, 0.05) is 6.61 Å². The van der Waals surface area contributed by atoms with Crippen LogP contribution in [0, 0.1) is 6.61 Å². The van der Waals surface area contributed by atoms with Crippen molar-refractivity contribution in [2.45, 2.75) is 25.7 Å². The monoisotopic (exact) mass is 132 g/mol. The molecule has 0 unspecified atom stereocenters. The van der Waals surface area contributed by atoms with Crippen LogP contribution in [0.2, 0.25) is 0 Å². The molecule has 56 valence electrons. The topological polar surface area (TPSA) is 52.5 Å². The minimum atomic E-state index is 0.234. The van der Waals surface area contributed by atoms with Crippen LogP contribution in [-0.4, -0.2) is 11.7 Å². The second-order valence-corrected chi connectivity index (χ2v) is 1.84. The van der Waals surface area contributed by atoms with Crippen LogP contribution in [0.15, 0.2) is 0 Å². The van der Waals surface area contributed by atoms with E-state index >= 15 is 0 Å². The van der Waals surface area contributed by atoms with Crippen molar-refractivity contribution < 1.29 is 15.3 Å². The fraction of sp³-hybridized carbons (Fsp3) is 0.833. The molecule has 0 aliphatic rings. The van der Waals surface area contributed by atoms with E-state index in [1.54, 1.807) is 0 Å². The second kappa shape index (κ2) is 7.88. The first-order chi connectivity index (χ1) is 4.41. The van der Waals surface area contributed by atoms with Gasteiger partial charge in [-0.1, -0.05) is 12.8 Å². The highest BCUT2D eigenvalue weighted by Crippen LogP contribution is 2.00. The lowest BCUT2D eigenvalue weighted by Gasteiger charge is -2.18. The molecule has 0 aliphatic heterocycles. The minimum Gasteiger partial charge on any atom is -0.759 e. The molecular weight excluding hydrogens is 120 g/mol. The van der Waals surface area contributed by atoms with E-state index in [9.17, 15) is 5.26 Å². The Morgan fingerprint density at radius 3 is 2.67 bits per heavy atom. The van der Waals surface area contributed by atoms with Crippen molar-refractivity contribution >= 4 is 0 Å². The highest BCUT2D eigenvalue weighted by atomic mass is 17.1. The number of rotatable bonds is 6. The Morgan fingerprint density at radius 1 is 1.33 bits per heavy atom. The lowest BCUT2D eigenvalue weighted by atomic mass is 10.2. The molecule has 0 heterocycles. The summed E-state index contributed by atoms with van der Waals surface area (Å²) in [6.45, 7) is 1.47. The van der Waals surface area contributed by atoms with Gasteiger partial charge in [0.25, 0.3) is 0 Å². The van der Waals surface area contributed by atoms with Crippen molar-refractivity contribution in [3.8, 4) is 0 Å². The summed E-state index contributed by atoms with van der Waals surface area (Å²) in [7, 11) is 0. The molecule has 9 heavy (non-hydrogen) atoms. The number of aliphatic hydroxyl groups excluding tert-OH is 1. The Morgan fingerprint density at radius 2 is 2.11 bits per heavy atom. The molecule has 3 nitrogen and oxygen atoms in total. The molecular formula is C6H12O3-2. The molecule has 0 saturated heterocycles. The van der Waals surface area contributed by atoms with E-state index in [0.717, 1.165) is 19.3 Å². The molecule has 0 aromatic rings. The van der Waals surface area contributed by atoms with Gasteiger partial charge in [-0.25, -0.2) is 6.61 Å². The lowest BCUT2D eigenvalue weighted by Crippen LogP contribution is -2.01. The first kappa shape index (κ1) is 8.88. The zero-order valence-electron chi connectivity index (χ0n) is 5.38. The van der Waals surface area contributed by atoms with E-state index in [2.05, 4.69) is 4.89 Å². The standard InChI is InChI=1S/C6H13O3/c7-5-3-1-2-4-6-9-8/h6-8H,1-5H2/q-1/p-1. The average Bonchev–Trinajstić information content (AvgIpc) is 1.89. The predicted octanol–water partition coefficient (Wildman–Crippen LogP) is -0.00721. The lowest BCUT2D eigenvalue weighted by molar-refractivity contribution is -0.675. The van der Waals surface area contributed by atoms with Crippen molar-refractivity contribution in [1.29, 1.82) is 0 Å². The van der Waals surface area contributed by atoms with Gasteiger partial charge in [-0.3, -0.25) is 0 Å². The molecule has 0 atom stereocenters. The summed E-state index contributed by atoms with van der Waals surface area (Å²) in [5.74, 6) is 0. The molecule has 0 saturated carbocycles. The summed E-state index contributed by atoms with van der Waals surface area (Å²) < 4.78 is 0. The highest BCUT2D eigenvalue weighted by Gasteiger charge is 1.80. The van der Waals surface area contributed by atoms with Crippen LogP contribution in [0.4, 0.5) is 0 Å². The van der Waals surface area contributed by atoms with Gasteiger partial charge in [0.05, 0.1) is 0 Å². The molecule has 0 amide bonds. The molecule has 0 spiro atoms. The maximum absolute atomic E-state index is 9.36. The summed E-state index contributed by atoms with van der Waals surface area (Å²) in [5.41, 5.74) is 0. The summed E-state index contributed by atoms with van der Waals surface area (Å²) in [5, 5.41) is 17.7. The van der Waals surface area contributed by atoms with Crippen molar-refractivity contribution in [2.24, 2.45) is 0 Å². The van der Waals surface area contributed by atoms with Crippen LogP contribution in [-0.2, 0) is 4.89 Å². The zero-order valence-corrected chi connectivity index (χ0v) is 5.38. The number of hydrogen-bond acceptors (Lipinski definition) is 3. The third-order valence-electron chi connectivity index (χ3n) is 1.05. The number of aliphatic hydroxyl groups is 1. The first-order valence-corrected chi connectivity index (χ1v) is 3.13. The Bertz CT molecular complexity index is 41.6. The Kier molecular flexibility index (Phi) is 7.77. The van der Waals surface area contributed by atoms with E-state index in [-0.39, 0.29) is 6.61 Å². The van der Waals surface area contributed by atoms with Crippen LogP contribution < -0.4 is 5.26 Å². The predicted molar refractivity (Wildman–Crippen MR) is 30.9 cm³/mol. The van der Waals surface area contributed by atoms with E-state index in [1.165, 1.54) is 6.61 Å². The Hall–Kier alpha value is -0.120. The molecule has 3 heteroatoms. The third kappa shape index (κ3) is 7.88. The van der Waals surface area contributed by atoms with E-state index in [4.69, 9.17) is 5.11 Å². The minimum absolute atomic E-state index is 0.234. The van der Waals surface area contributed by atoms with Crippen molar-refractivity contribution in [3.05, 3.63) is 6.61 Å². The molecule has 0 bridgehead atoms. The van der Waals surface area contributed by atoms with Crippen molar-refractivity contribution in [1.82, 2.24) is 0 Å². The maximum atomic E-state index is 9.36. The molecule has 0 fully saturated rings. The molecule has 0 radical (unpaired) electrons. The van der Waals surface area contributed by atoms with Crippen LogP contribution in [0.5, 0.6) is 0 Å². The van der Waals surface area contributed by atoms with Gasteiger partial charge in [-0.05, 0) is 6.42 Å². The Labute approximate surface area is 55.2 Å². The summed E-state index contributed by atoms with van der Waals surface area (Å²) in [6.07, 6.45) is 3.37. The zero-order chi connectivity index (χ0) is 6.95. The molecule has 0 aromatic carbocycles. The molecule has 0 aromatic heterocycles. The van der Waals surface area contributed by atoms with Gasteiger partial charge in [0.15, 0.2) is 0 Å². The van der Waals surface area contributed by atoms with E-state index in [1.807, 2.05) is 0 Å². The largest absolute Gasteiger partial charge is 0.759 e. The van der Waals surface area contributed by atoms with Gasteiger partial charge >= 0.3 is 0 Å². The third-order valence-corrected chi connectivity index (χ3v) is 1.05.